The van der Waals surface area contributed by atoms with Crippen LogP contribution >= 0.6 is 0 Å². The molecule has 1 fully saturated rings. The van der Waals surface area contributed by atoms with Crippen LogP contribution in [0.3, 0.4) is 0 Å². The molecule has 0 atom stereocenters. The number of hydrogen-bond acceptors (Lipinski definition) is 7. The maximum absolute atomic E-state index is 12.4. The molecule has 2 aromatic rings. The normalized spacial score (nSPS) is 13.9. The fourth-order valence-electron chi connectivity index (χ4n) is 2.67. The second-order valence-corrected chi connectivity index (χ2v) is 6.06. The van der Waals surface area contributed by atoms with Gasteiger partial charge in [-0.25, -0.2) is 9.78 Å². The molecule has 1 saturated heterocycles. The lowest BCUT2D eigenvalue weighted by Crippen LogP contribution is -2.48. The topological polar surface area (TPSA) is 123 Å². The standard InChI is InChI=1S/C17H20N6O4/c1-11-13(27-14-3-4-15(23(25)26)20-12(14)2)5-6-19-16(11)21-17(24)22-9-7-18-8-10-22/h3-6,18H,7-10H2,1-2H3,(H,19,21,24). The van der Waals surface area contributed by atoms with E-state index in [-0.39, 0.29) is 11.8 Å². The van der Waals surface area contributed by atoms with Gasteiger partial charge in [0.05, 0.1) is 0 Å². The molecule has 0 unspecified atom stereocenters. The molecule has 2 aromatic heterocycles. The SMILES string of the molecule is Cc1nc([N+](=O)[O-])ccc1Oc1ccnc(NC(=O)N2CCNCC2)c1C. The average molecular weight is 372 g/mol. The van der Waals surface area contributed by atoms with Gasteiger partial charge in [0.2, 0.25) is 0 Å². The molecule has 10 nitrogen and oxygen atoms in total. The number of aromatic nitrogens is 2. The number of pyridine rings is 2. The highest BCUT2D eigenvalue weighted by Crippen LogP contribution is 2.30. The first kappa shape index (κ1) is 18.5. The first-order valence-corrected chi connectivity index (χ1v) is 8.48. The van der Waals surface area contributed by atoms with E-state index in [1.165, 1.54) is 18.3 Å². The van der Waals surface area contributed by atoms with Gasteiger partial charge >= 0.3 is 11.8 Å². The summed E-state index contributed by atoms with van der Waals surface area (Å²) in [6.07, 6.45) is 1.53. The second kappa shape index (κ2) is 7.96. The Balaban J connectivity index is 1.76. The Bertz CT molecular complexity index is 866. The first-order chi connectivity index (χ1) is 13.0. The van der Waals surface area contributed by atoms with E-state index in [2.05, 4.69) is 20.6 Å². The minimum absolute atomic E-state index is 0.211. The van der Waals surface area contributed by atoms with Crippen molar-refractivity contribution in [3.05, 3.63) is 45.8 Å². The largest absolute Gasteiger partial charge is 0.453 e. The molecule has 3 heterocycles. The van der Waals surface area contributed by atoms with Crippen LogP contribution < -0.4 is 15.4 Å². The number of amides is 2. The number of nitrogens with zero attached hydrogens (tertiary/aromatic N) is 4. The van der Waals surface area contributed by atoms with Gasteiger partial charge < -0.3 is 25.1 Å². The number of carbonyl (C=O) groups excluding carboxylic acids is 1. The van der Waals surface area contributed by atoms with Gasteiger partial charge in [-0.3, -0.25) is 5.32 Å². The van der Waals surface area contributed by atoms with Gasteiger partial charge in [-0.05, 0) is 29.0 Å². The molecule has 2 amide bonds. The van der Waals surface area contributed by atoms with Gasteiger partial charge in [0.15, 0.2) is 11.4 Å². The molecule has 142 valence electrons. The fraction of sp³-hybridized carbons (Fsp3) is 0.353. The van der Waals surface area contributed by atoms with Crippen LogP contribution in [0.5, 0.6) is 11.5 Å². The minimum atomic E-state index is -0.557. The zero-order chi connectivity index (χ0) is 19.4. The minimum Gasteiger partial charge on any atom is -0.453 e. The van der Waals surface area contributed by atoms with E-state index in [1.807, 2.05) is 0 Å². The zero-order valence-electron chi connectivity index (χ0n) is 15.1. The van der Waals surface area contributed by atoms with Crippen LogP contribution in [0, 0.1) is 24.0 Å². The van der Waals surface area contributed by atoms with Gasteiger partial charge in [-0.2, -0.15) is 0 Å². The highest BCUT2D eigenvalue weighted by Gasteiger charge is 2.19. The Morgan fingerprint density at radius 2 is 2.00 bits per heavy atom. The summed E-state index contributed by atoms with van der Waals surface area (Å²) in [6.45, 7) is 6.20. The molecule has 2 N–H and O–H groups in total. The molecule has 0 aromatic carbocycles. The second-order valence-electron chi connectivity index (χ2n) is 6.06. The highest BCUT2D eigenvalue weighted by molar-refractivity contribution is 5.89. The summed E-state index contributed by atoms with van der Waals surface area (Å²) in [7, 11) is 0. The summed E-state index contributed by atoms with van der Waals surface area (Å²) >= 11 is 0. The van der Waals surface area contributed by atoms with Crippen LogP contribution in [0.15, 0.2) is 24.4 Å². The van der Waals surface area contributed by atoms with Crippen LogP contribution in [0.25, 0.3) is 0 Å². The Morgan fingerprint density at radius 1 is 1.26 bits per heavy atom. The summed E-state index contributed by atoms with van der Waals surface area (Å²) < 4.78 is 5.84. The van der Waals surface area contributed by atoms with Crippen molar-refractivity contribution in [1.82, 2.24) is 20.2 Å². The predicted octanol–water partition coefficient (Wildman–Crippen LogP) is 2.23. The van der Waals surface area contributed by atoms with Gasteiger partial charge in [0.25, 0.3) is 0 Å². The van der Waals surface area contributed by atoms with Crippen LogP contribution in [0.1, 0.15) is 11.3 Å². The third kappa shape index (κ3) is 4.29. The van der Waals surface area contributed by atoms with Gasteiger partial charge in [0.1, 0.15) is 11.6 Å². The van der Waals surface area contributed by atoms with Gasteiger partial charge in [-0.1, -0.05) is 0 Å². The lowest BCUT2D eigenvalue weighted by Gasteiger charge is -2.27. The maximum atomic E-state index is 12.4. The molecule has 27 heavy (non-hydrogen) atoms. The predicted molar refractivity (Wildman–Crippen MR) is 98.1 cm³/mol. The Morgan fingerprint density at radius 3 is 2.67 bits per heavy atom. The molecule has 1 aliphatic rings. The van der Waals surface area contributed by atoms with Crippen molar-refractivity contribution in [3.63, 3.8) is 0 Å². The Kier molecular flexibility index (Phi) is 5.46. The molecule has 3 rings (SSSR count). The lowest BCUT2D eigenvalue weighted by molar-refractivity contribution is -0.389. The molecule has 1 aliphatic heterocycles. The number of nitrogens with one attached hydrogen (secondary N) is 2. The summed E-state index contributed by atoms with van der Waals surface area (Å²) in [5.41, 5.74) is 1.05. The monoisotopic (exact) mass is 372 g/mol. The van der Waals surface area contributed by atoms with E-state index < -0.39 is 4.92 Å². The number of hydrogen-bond donors (Lipinski definition) is 2. The third-order valence-corrected chi connectivity index (χ3v) is 4.21. The zero-order valence-corrected chi connectivity index (χ0v) is 15.1. The maximum Gasteiger partial charge on any atom is 0.363 e. The third-order valence-electron chi connectivity index (χ3n) is 4.21. The number of urea groups is 1. The molecule has 0 bridgehead atoms. The molecule has 0 radical (unpaired) electrons. The van der Waals surface area contributed by atoms with Crippen molar-refractivity contribution in [2.45, 2.75) is 13.8 Å². The highest BCUT2D eigenvalue weighted by atomic mass is 16.6. The summed E-state index contributed by atoms with van der Waals surface area (Å²) in [6, 6.07) is 4.24. The quantitative estimate of drug-likeness (QED) is 0.623. The number of ether oxygens (including phenoxy) is 1. The fourth-order valence-corrected chi connectivity index (χ4v) is 2.67. The number of nitro groups is 1. The van der Waals surface area contributed by atoms with Gasteiger partial charge in [-0.15, -0.1) is 0 Å². The molecule has 0 spiro atoms. The van der Waals surface area contributed by atoms with E-state index >= 15 is 0 Å². The van der Waals surface area contributed by atoms with Gasteiger partial charge in [0, 0.05) is 50.9 Å². The van der Waals surface area contributed by atoms with Crippen molar-refractivity contribution < 1.29 is 14.5 Å². The molecular formula is C17H20N6O4. The van der Waals surface area contributed by atoms with E-state index in [1.54, 1.807) is 24.8 Å². The van der Waals surface area contributed by atoms with Crippen LogP contribution in [0.2, 0.25) is 0 Å². The van der Waals surface area contributed by atoms with Crippen molar-refractivity contribution >= 4 is 17.7 Å². The van der Waals surface area contributed by atoms with Crippen molar-refractivity contribution in [1.29, 1.82) is 0 Å². The molecule has 0 saturated carbocycles. The van der Waals surface area contributed by atoms with E-state index in [0.717, 1.165) is 13.1 Å². The number of anilines is 1. The average Bonchev–Trinajstić information content (AvgIpc) is 2.67. The van der Waals surface area contributed by atoms with E-state index in [0.29, 0.717) is 41.7 Å². The first-order valence-electron chi connectivity index (χ1n) is 8.48. The van der Waals surface area contributed by atoms with Crippen LogP contribution in [-0.4, -0.2) is 52.0 Å². The van der Waals surface area contributed by atoms with Crippen molar-refractivity contribution in [2.24, 2.45) is 0 Å². The number of aryl methyl sites for hydroxylation is 1. The van der Waals surface area contributed by atoms with Crippen LogP contribution in [0.4, 0.5) is 16.4 Å². The summed E-state index contributed by atoms with van der Waals surface area (Å²) in [5, 5.41) is 16.8. The summed E-state index contributed by atoms with van der Waals surface area (Å²) in [4.78, 5) is 32.5. The van der Waals surface area contributed by atoms with E-state index in [9.17, 15) is 14.9 Å². The lowest BCUT2D eigenvalue weighted by atomic mass is 10.2. The number of rotatable bonds is 4. The molecular weight excluding hydrogens is 352 g/mol. The number of carbonyl (C=O) groups is 1. The Labute approximate surface area is 155 Å². The van der Waals surface area contributed by atoms with Crippen LogP contribution in [-0.2, 0) is 0 Å². The summed E-state index contributed by atoms with van der Waals surface area (Å²) in [5.74, 6) is 1.05. The van der Waals surface area contributed by atoms with E-state index in [4.69, 9.17) is 4.74 Å². The Hall–Kier alpha value is -3.27. The molecule has 10 heteroatoms. The number of piperazine rings is 1. The molecule has 0 aliphatic carbocycles. The van der Waals surface area contributed by atoms with Crippen molar-refractivity contribution in [2.75, 3.05) is 31.5 Å². The smallest absolute Gasteiger partial charge is 0.363 e. The van der Waals surface area contributed by atoms with Crippen molar-refractivity contribution in [3.8, 4) is 11.5 Å².